The number of fused-ring (bicyclic) bond motifs is 1. The molecule has 1 unspecified atom stereocenters. The average Bonchev–Trinajstić information content (AvgIpc) is 3.04. The van der Waals surface area contributed by atoms with E-state index in [0.717, 1.165) is 30.5 Å². The second-order valence-corrected chi connectivity index (χ2v) is 10.1. The van der Waals surface area contributed by atoms with E-state index in [1.54, 1.807) is 36.5 Å². The number of halogens is 2. The van der Waals surface area contributed by atoms with E-state index in [0.29, 0.717) is 54.8 Å². The summed E-state index contributed by atoms with van der Waals surface area (Å²) < 4.78 is 15.0. The van der Waals surface area contributed by atoms with Gasteiger partial charge in [0.2, 0.25) is 11.9 Å². The average molecular weight is 525 g/mol. The molecular weight excluding hydrogens is 495 g/mol. The first-order valence-corrected chi connectivity index (χ1v) is 13.0. The van der Waals surface area contributed by atoms with Gasteiger partial charge in [-0.2, -0.15) is 0 Å². The number of rotatable bonds is 6. The van der Waals surface area contributed by atoms with Crippen molar-refractivity contribution in [1.29, 1.82) is 0 Å². The molecule has 0 bridgehead atoms. The van der Waals surface area contributed by atoms with Gasteiger partial charge in [-0.25, -0.2) is 9.37 Å². The molecule has 10 heteroatoms. The number of carbonyl (C=O) groups is 2. The molecular formula is C27H30ClFN6O2. The van der Waals surface area contributed by atoms with Crippen LogP contribution < -0.4 is 5.32 Å². The Morgan fingerprint density at radius 1 is 1.22 bits per heavy atom. The fourth-order valence-electron chi connectivity index (χ4n) is 5.01. The Kier molecular flexibility index (Phi) is 7.53. The largest absolute Gasteiger partial charge is 0.337 e. The fraction of sp³-hybridized carbons (Fsp3) is 0.407. The maximum absolute atomic E-state index is 13.1. The maximum Gasteiger partial charge on any atom is 0.258 e. The molecule has 2 amide bonds. The van der Waals surface area contributed by atoms with Gasteiger partial charge >= 0.3 is 0 Å². The maximum atomic E-state index is 13.1. The predicted molar refractivity (Wildman–Crippen MR) is 142 cm³/mol. The number of aromatic nitrogens is 3. The van der Waals surface area contributed by atoms with Crippen molar-refractivity contribution in [2.75, 3.05) is 38.0 Å². The quantitative estimate of drug-likeness (QED) is 0.483. The van der Waals surface area contributed by atoms with E-state index in [2.05, 4.69) is 10.3 Å². The molecule has 37 heavy (non-hydrogen) atoms. The van der Waals surface area contributed by atoms with Crippen LogP contribution >= 0.6 is 11.6 Å². The topological polar surface area (TPSA) is 83.4 Å². The normalized spacial score (nSPS) is 19.2. The first-order valence-electron chi connectivity index (χ1n) is 12.6. The van der Waals surface area contributed by atoms with Crippen LogP contribution in [0.1, 0.15) is 41.4 Å². The summed E-state index contributed by atoms with van der Waals surface area (Å²) in [6.45, 7) is 4.36. The highest BCUT2D eigenvalue weighted by molar-refractivity contribution is 6.35. The highest BCUT2D eigenvalue weighted by atomic mass is 35.5. The van der Waals surface area contributed by atoms with Crippen LogP contribution in [0.15, 0.2) is 48.7 Å². The third-order valence-electron chi connectivity index (χ3n) is 6.91. The van der Waals surface area contributed by atoms with Gasteiger partial charge in [-0.3, -0.25) is 24.8 Å². The van der Waals surface area contributed by atoms with Gasteiger partial charge in [0.25, 0.3) is 5.91 Å². The van der Waals surface area contributed by atoms with Crippen LogP contribution in [0.25, 0.3) is 11.0 Å². The van der Waals surface area contributed by atoms with Gasteiger partial charge in [0, 0.05) is 56.3 Å². The number of aryl methyl sites for hydroxylation is 1. The highest BCUT2D eigenvalue weighted by Crippen LogP contribution is 2.34. The standard InChI is InChI=1S/C27H30ClFN6O2/c1-18-14-19(10-11-30-18)26(37)32-27-31-23-8-4-7-22(28)25(23)35(27)21-6-2-3-13-34(17-21)24(36)9-5-12-33-15-20(29)16-33/h4-5,7-11,14,20-21H,2-3,6,12-13,15-17H2,1H3,(H,31,32,37)/b9-5+. The molecule has 0 saturated carbocycles. The molecule has 194 valence electrons. The van der Waals surface area contributed by atoms with Crippen LogP contribution in [-0.2, 0) is 4.79 Å². The highest BCUT2D eigenvalue weighted by Gasteiger charge is 2.28. The number of hydrogen-bond donors (Lipinski definition) is 1. The Morgan fingerprint density at radius 3 is 2.84 bits per heavy atom. The first kappa shape index (κ1) is 25.4. The zero-order chi connectivity index (χ0) is 25.9. The molecule has 1 atom stereocenters. The van der Waals surface area contributed by atoms with Gasteiger partial charge in [-0.15, -0.1) is 0 Å². The lowest BCUT2D eigenvalue weighted by molar-refractivity contribution is -0.126. The SMILES string of the molecule is Cc1cc(C(=O)Nc2nc3cccc(Cl)c3n2C2CCCCN(C(=O)/C=C/CN3CC(F)C3)C2)ccn1. The smallest absolute Gasteiger partial charge is 0.258 e. The summed E-state index contributed by atoms with van der Waals surface area (Å²) in [4.78, 5) is 38.8. The molecule has 5 rings (SSSR count). The first-order chi connectivity index (χ1) is 17.9. The molecule has 2 aromatic heterocycles. The number of nitrogens with zero attached hydrogens (tertiary/aromatic N) is 5. The van der Waals surface area contributed by atoms with Crippen molar-refractivity contribution in [3.63, 3.8) is 0 Å². The number of amides is 2. The van der Waals surface area contributed by atoms with Crippen molar-refractivity contribution in [3.05, 3.63) is 65.0 Å². The summed E-state index contributed by atoms with van der Waals surface area (Å²) in [6.07, 6.45) is 6.85. The Morgan fingerprint density at radius 2 is 2.05 bits per heavy atom. The summed E-state index contributed by atoms with van der Waals surface area (Å²) in [6, 6.07) is 8.76. The van der Waals surface area contributed by atoms with Crippen molar-refractivity contribution in [2.45, 2.75) is 38.4 Å². The van der Waals surface area contributed by atoms with Crippen molar-refractivity contribution < 1.29 is 14.0 Å². The molecule has 8 nitrogen and oxygen atoms in total. The van der Waals surface area contributed by atoms with E-state index >= 15 is 0 Å². The third kappa shape index (κ3) is 5.67. The molecule has 1 aromatic carbocycles. The molecule has 2 aliphatic rings. The van der Waals surface area contributed by atoms with Crippen molar-refractivity contribution in [1.82, 2.24) is 24.3 Å². The fourth-order valence-corrected chi connectivity index (χ4v) is 5.27. The van der Waals surface area contributed by atoms with Gasteiger partial charge in [0.1, 0.15) is 6.17 Å². The Balaban J connectivity index is 1.41. The summed E-state index contributed by atoms with van der Waals surface area (Å²) >= 11 is 6.63. The van der Waals surface area contributed by atoms with E-state index in [1.807, 2.05) is 33.4 Å². The van der Waals surface area contributed by atoms with Gasteiger partial charge in [-0.05, 0) is 50.5 Å². The van der Waals surface area contributed by atoms with Gasteiger partial charge in [0.05, 0.1) is 22.1 Å². The van der Waals surface area contributed by atoms with Crippen molar-refractivity contribution in [2.24, 2.45) is 0 Å². The zero-order valence-corrected chi connectivity index (χ0v) is 21.5. The summed E-state index contributed by atoms with van der Waals surface area (Å²) in [5.74, 6) is 0.0396. The lowest BCUT2D eigenvalue weighted by atomic mass is 10.1. The predicted octanol–water partition coefficient (Wildman–Crippen LogP) is 4.41. The molecule has 3 aromatic rings. The van der Waals surface area contributed by atoms with E-state index in [1.165, 1.54) is 0 Å². The molecule has 1 N–H and O–H groups in total. The van der Waals surface area contributed by atoms with Crippen LogP contribution in [0.3, 0.4) is 0 Å². The Bertz CT molecular complexity index is 1340. The number of carbonyl (C=O) groups excluding carboxylic acids is 2. The Hall–Kier alpha value is -3.30. The minimum Gasteiger partial charge on any atom is -0.337 e. The lowest BCUT2D eigenvalue weighted by Gasteiger charge is -2.33. The van der Waals surface area contributed by atoms with Crippen molar-refractivity contribution >= 4 is 40.4 Å². The minimum atomic E-state index is -0.760. The van der Waals surface area contributed by atoms with E-state index in [-0.39, 0.29) is 17.9 Å². The lowest BCUT2D eigenvalue weighted by Crippen LogP contribution is -2.48. The van der Waals surface area contributed by atoms with Crippen LogP contribution in [0, 0.1) is 6.92 Å². The van der Waals surface area contributed by atoms with Crippen LogP contribution in [0.4, 0.5) is 10.3 Å². The molecule has 0 aliphatic carbocycles. The van der Waals surface area contributed by atoms with E-state index in [4.69, 9.17) is 16.6 Å². The van der Waals surface area contributed by atoms with E-state index in [9.17, 15) is 14.0 Å². The van der Waals surface area contributed by atoms with Gasteiger partial charge in [-0.1, -0.05) is 23.7 Å². The Labute approximate surface area is 220 Å². The van der Waals surface area contributed by atoms with Crippen LogP contribution in [-0.4, -0.2) is 75.0 Å². The number of imidazole rings is 1. The summed E-state index contributed by atoms with van der Waals surface area (Å²) in [5, 5.41) is 3.50. The summed E-state index contributed by atoms with van der Waals surface area (Å²) in [7, 11) is 0. The van der Waals surface area contributed by atoms with Gasteiger partial charge in [0.15, 0.2) is 0 Å². The minimum absolute atomic E-state index is 0.0717. The number of hydrogen-bond acceptors (Lipinski definition) is 5. The second-order valence-electron chi connectivity index (χ2n) is 9.71. The zero-order valence-electron chi connectivity index (χ0n) is 20.7. The molecule has 2 fully saturated rings. The monoisotopic (exact) mass is 524 g/mol. The van der Waals surface area contributed by atoms with Crippen molar-refractivity contribution in [3.8, 4) is 0 Å². The second kappa shape index (κ2) is 11.0. The number of benzene rings is 1. The van der Waals surface area contributed by atoms with Gasteiger partial charge < -0.3 is 9.47 Å². The molecule has 4 heterocycles. The number of anilines is 1. The van der Waals surface area contributed by atoms with E-state index < -0.39 is 6.17 Å². The molecule has 0 spiro atoms. The van der Waals surface area contributed by atoms with Crippen LogP contribution in [0.5, 0.6) is 0 Å². The summed E-state index contributed by atoms with van der Waals surface area (Å²) in [5.41, 5.74) is 2.64. The number of likely N-dealkylation sites (tertiary alicyclic amines) is 2. The number of alkyl halides is 1. The van der Waals surface area contributed by atoms with Crippen LogP contribution in [0.2, 0.25) is 5.02 Å². The molecule has 2 saturated heterocycles. The molecule has 2 aliphatic heterocycles. The number of nitrogens with one attached hydrogen (secondary N) is 1. The molecule has 0 radical (unpaired) electrons. The number of pyridine rings is 1. The third-order valence-corrected chi connectivity index (χ3v) is 7.21. The number of para-hydroxylation sites is 1.